The molecule has 2 N–H and O–H groups in total. The predicted octanol–water partition coefficient (Wildman–Crippen LogP) is 2.31. The standard InChI is InChI=1S/C16H33N3/c1-18-11-6-9-16(14-17,10-12-18)19(2)13-15-7-4-3-5-8-15/h15H,3-14,17H2,1-2H3. The molecule has 0 aromatic rings. The minimum absolute atomic E-state index is 0.266. The molecule has 1 aliphatic heterocycles. The Labute approximate surface area is 119 Å². The van der Waals surface area contributed by atoms with Gasteiger partial charge in [0.25, 0.3) is 0 Å². The summed E-state index contributed by atoms with van der Waals surface area (Å²) in [6.45, 7) is 4.52. The van der Waals surface area contributed by atoms with Crippen LogP contribution in [0.25, 0.3) is 0 Å². The number of likely N-dealkylation sites (N-methyl/N-ethyl adjacent to an activating group) is 1. The highest BCUT2D eigenvalue weighted by atomic mass is 15.2. The molecule has 1 atom stereocenters. The highest BCUT2D eigenvalue weighted by molar-refractivity contribution is 4.93. The number of hydrogen-bond acceptors (Lipinski definition) is 3. The quantitative estimate of drug-likeness (QED) is 0.848. The van der Waals surface area contributed by atoms with Crippen LogP contribution in [0.4, 0.5) is 0 Å². The number of rotatable bonds is 4. The zero-order valence-electron chi connectivity index (χ0n) is 13.0. The highest BCUT2D eigenvalue weighted by Gasteiger charge is 2.35. The van der Waals surface area contributed by atoms with Crippen LogP contribution in [-0.4, -0.2) is 55.6 Å². The summed E-state index contributed by atoms with van der Waals surface area (Å²) in [5, 5.41) is 0. The monoisotopic (exact) mass is 267 g/mol. The van der Waals surface area contributed by atoms with Crippen LogP contribution < -0.4 is 5.73 Å². The molecule has 0 radical (unpaired) electrons. The van der Waals surface area contributed by atoms with Gasteiger partial charge in [0.2, 0.25) is 0 Å². The minimum Gasteiger partial charge on any atom is -0.329 e. The fraction of sp³-hybridized carbons (Fsp3) is 1.00. The highest BCUT2D eigenvalue weighted by Crippen LogP contribution is 2.31. The molecule has 1 saturated carbocycles. The van der Waals surface area contributed by atoms with Gasteiger partial charge in [0.05, 0.1) is 0 Å². The summed E-state index contributed by atoms with van der Waals surface area (Å²) in [6.07, 6.45) is 11.0. The van der Waals surface area contributed by atoms with Crippen molar-refractivity contribution in [1.29, 1.82) is 0 Å². The van der Waals surface area contributed by atoms with Gasteiger partial charge in [-0.15, -0.1) is 0 Å². The van der Waals surface area contributed by atoms with E-state index in [1.54, 1.807) is 0 Å². The Bertz CT molecular complexity index is 263. The molecule has 1 aliphatic carbocycles. The molecule has 0 bridgehead atoms. The van der Waals surface area contributed by atoms with Gasteiger partial charge in [-0.3, -0.25) is 4.90 Å². The third kappa shape index (κ3) is 3.93. The summed E-state index contributed by atoms with van der Waals surface area (Å²) in [5.74, 6) is 0.920. The Morgan fingerprint density at radius 2 is 1.84 bits per heavy atom. The molecule has 3 heteroatoms. The molecule has 0 aromatic heterocycles. The lowest BCUT2D eigenvalue weighted by Crippen LogP contribution is -2.54. The second-order valence-electron chi connectivity index (χ2n) is 6.97. The van der Waals surface area contributed by atoms with Gasteiger partial charge in [0, 0.05) is 18.6 Å². The first-order valence-corrected chi connectivity index (χ1v) is 8.26. The van der Waals surface area contributed by atoms with Crippen molar-refractivity contribution in [2.45, 2.75) is 56.9 Å². The lowest BCUT2D eigenvalue weighted by atomic mass is 9.85. The third-order valence-electron chi connectivity index (χ3n) is 5.59. The van der Waals surface area contributed by atoms with Gasteiger partial charge in [-0.2, -0.15) is 0 Å². The van der Waals surface area contributed by atoms with Crippen molar-refractivity contribution in [3.8, 4) is 0 Å². The average Bonchev–Trinajstić information content (AvgIpc) is 2.62. The molecule has 0 amide bonds. The Morgan fingerprint density at radius 3 is 2.53 bits per heavy atom. The van der Waals surface area contributed by atoms with Crippen molar-refractivity contribution >= 4 is 0 Å². The molecule has 2 rings (SSSR count). The van der Waals surface area contributed by atoms with Crippen molar-refractivity contribution in [2.75, 3.05) is 40.3 Å². The molecule has 1 saturated heterocycles. The van der Waals surface area contributed by atoms with Crippen LogP contribution >= 0.6 is 0 Å². The van der Waals surface area contributed by atoms with Crippen LogP contribution in [0.2, 0.25) is 0 Å². The predicted molar refractivity (Wildman–Crippen MR) is 82.3 cm³/mol. The van der Waals surface area contributed by atoms with Crippen LogP contribution in [0.15, 0.2) is 0 Å². The summed E-state index contributed by atoms with van der Waals surface area (Å²) in [6, 6.07) is 0. The van der Waals surface area contributed by atoms with E-state index in [0.29, 0.717) is 0 Å². The van der Waals surface area contributed by atoms with Crippen molar-refractivity contribution in [1.82, 2.24) is 9.80 Å². The van der Waals surface area contributed by atoms with Gasteiger partial charge < -0.3 is 10.6 Å². The topological polar surface area (TPSA) is 32.5 Å². The van der Waals surface area contributed by atoms with E-state index in [1.165, 1.54) is 71.0 Å². The summed E-state index contributed by atoms with van der Waals surface area (Å²) in [5.41, 5.74) is 6.47. The lowest BCUT2D eigenvalue weighted by Gasteiger charge is -2.43. The van der Waals surface area contributed by atoms with Crippen molar-refractivity contribution in [3.63, 3.8) is 0 Å². The molecular formula is C16H33N3. The maximum absolute atomic E-state index is 6.20. The molecular weight excluding hydrogens is 234 g/mol. The number of nitrogens with zero attached hydrogens (tertiary/aromatic N) is 2. The van der Waals surface area contributed by atoms with Gasteiger partial charge >= 0.3 is 0 Å². The van der Waals surface area contributed by atoms with Crippen molar-refractivity contribution < 1.29 is 0 Å². The number of hydrogen-bond donors (Lipinski definition) is 1. The number of nitrogens with two attached hydrogens (primary N) is 1. The molecule has 3 nitrogen and oxygen atoms in total. The number of likely N-dealkylation sites (tertiary alicyclic amines) is 1. The first kappa shape index (κ1) is 15.3. The van der Waals surface area contributed by atoms with E-state index in [9.17, 15) is 0 Å². The van der Waals surface area contributed by atoms with E-state index in [2.05, 4.69) is 23.9 Å². The molecule has 1 unspecified atom stereocenters. The molecule has 112 valence electrons. The van der Waals surface area contributed by atoms with Crippen LogP contribution in [0.5, 0.6) is 0 Å². The largest absolute Gasteiger partial charge is 0.329 e. The van der Waals surface area contributed by atoms with E-state index < -0.39 is 0 Å². The summed E-state index contributed by atoms with van der Waals surface area (Å²) >= 11 is 0. The van der Waals surface area contributed by atoms with Gasteiger partial charge in [-0.25, -0.2) is 0 Å². The summed E-state index contributed by atoms with van der Waals surface area (Å²) < 4.78 is 0. The van der Waals surface area contributed by atoms with E-state index in [1.807, 2.05) is 0 Å². The zero-order chi connectivity index (χ0) is 13.7. The fourth-order valence-electron chi connectivity index (χ4n) is 4.01. The zero-order valence-corrected chi connectivity index (χ0v) is 13.0. The Hall–Kier alpha value is -0.120. The molecule has 2 fully saturated rings. The van der Waals surface area contributed by atoms with Crippen LogP contribution in [-0.2, 0) is 0 Å². The van der Waals surface area contributed by atoms with Crippen LogP contribution in [0.3, 0.4) is 0 Å². The Morgan fingerprint density at radius 1 is 1.11 bits per heavy atom. The Balaban J connectivity index is 1.94. The maximum Gasteiger partial charge on any atom is 0.0341 e. The van der Waals surface area contributed by atoms with Crippen LogP contribution in [0.1, 0.15) is 51.4 Å². The minimum atomic E-state index is 0.266. The summed E-state index contributed by atoms with van der Waals surface area (Å²) in [4.78, 5) is 5.09. The van der Waals surface area contributed by atoms with Gasteiger partial charge in [0.1, 0.15) is 0 Å². The summed E-state index contributed by atoms with van der Waals surface area (Å²) in [7, 11) is 4.57. The second-order valence-corrected chi connectivity index (χ2v) is 6.97. The van der Waals surface area contributed by atoms with E-state index >= 15 is 0 Å². The molecule has 0 aromatic carbocycles. The van der Waals surface area contributed by atoms with E-state index in [-0.39, 0.29) is 5.54 Å². The van der Waals surface area contributed by atoms with Gasteiger partial charge in [-0.05, 0) is 65.2 Å². The molecule has 19 heavy (non-hydrogen) atoms. The van der Waals surface area contributed by atoms with Crippen molar-refractivity contribution in [3.05, 3.63) is 0 Å². The van der Waals surface area contributed by atoms with Crippen molar-refractivity contribution in [2.24, 2.45) is 11.7 Å². The molecule has 1 heterocycles. The SMILES string of the molecule is CN1CCCC(CN)(N(C)CC2CCCCC2)CC1. The van der Waals surface area contributed by atoms with E-state index in [4.69, 9.17) is 5.73 Å². The second kappa shape index (κ2) is 7.05. The maximum atomic E-state index is 6.20. The first-order valence-electron chi connectivity index (χ1n) is 8.26. The van der Waals surface area contributed by atoms with Gasteiger partial charge in [-0.1, -0.05) is 19.3 Å². The fourth-order valence-corrected chi connectivity index (χ4v) is 4.01. The van der Waals surface area contributed by atoms with Crippen LogP contribution in [0, 0.1) is 5.92 Å². The first-order chi connectivity index (χ1) is 9.16. The lowest BCUT2D eigenvalue weighted by molar-refractivity contribution is 0.0815. The van der Waals surface area contributed by atoms with Gasteiger partial charge in [0.15, 0.2) is 0 Å². The smallest absolute Gasteiger partial charge is 0.0341 e. The molecule has 0 spiro atoms. The van der Waals surface area contributed by atoms with E-state index in [0.717, 1.165) is 12.5 Å². The Kier molecular flexibility index (Phi) is 5.67. The third-order valence-corrected chi connectivity index (χ3v) is 5.59. The normalized spacial score (nSPS) is 31.6. The molecule has 2 aliphatic rings. The average molecular weight is 267 g/mol.